The number of hydrogen-bond donors (Lipinski definition) is 1. The Bertz CT molecular complexity index is 256. The molecule has 0 aliphatic carbocycles. The van der Waals surface area contributed by atoms with Gasteiger partial charge in [-0.3, -0.25) is 0 Å². The van der Waals surface area contributed by atoms with Crippen LogP contribution in [0.4, 0.5) is 5.82 Å². The fraction of sp³-hybridized carbons (Fsp3) is 0.167. The van der Waals surface area contributed by atoms with Gasteiger partial charge in [-0.05, 0) is 24.5 Å². The van der Waals surface area contributed by atoms with E-state index in [1.54, 1.807) is 0 Å². The second kappa shape index (κ2) is 1.82. The molecular formula is C6H8N2. The van der Waals surface area contributed by atoms with E-state index in [2.05, 4.69) is 4.98 Å². The predicted octanol–water partition coefficient (Wildman–Crippen LogP) is 0.972. The largest absolute Gasteiger partial charge is 0.384 e. The van der Waals surface area contributed by atoms with Crippen LogP contribution in [-0.2, 0) is 0 Å². The lowest BCUT2D eigenvalue weighted by Crippen LogP contribution is -1.87. The van der Waals surface area contributed by atoms with E-state index in [-0.39, 0.29) is 11.4 Å². The number of nitrogen functional groups attached to an aromatic ring is 1. The summed E-state index contributed by atoms with van der Waals surface area (Å²) in [5, 5.41) is 0. The third-order valence-electron chi connectivity index (χ3n) is 0.781. The van der Waals surface area contributed by atoms with Crippen molar-refractivity contribution in [2.45, 2.75) is 6.85 Å². The summed E-state index contributed by atoms with van der Waals surface area (Å²) in [5.74, 6) is 0.235. The van der Waals surface area contributed by atoms with E-state index >= 15 is 0 Å². The van der Waals surface area contributed by atoms with Crippen molar-refractivity contribution in [3.63, 3.8) is 0 Å². The number of hydrogen-bond acceptors (Lipinski definition) is 2. The Hall–Kier alpha value is -1.05. The van der Waals surface area contributed by atoms with Crippen molar-refractivity contribution in [3.05, 3.63) is 23.9 Å². The standard InChI is InChI=1S/C6H8N2/c1-5-2-3-8-6(7)4-5/h2-4H,1H3,(H2,7,8)/i1D3. The van der Waals surface area contributed by atoms with Crippen LogP contribution in [0.3, 0.4) is 0 Å². The lowest BCUT2D eigenvalue weighted by atomic mass is 10.3. The smallest absolute Gasteiger partial charge is 0.123 e. The first kappa shape index (κ1) is 2.49. The van der Waals surface area contributed by atoms with Gasteiger partial charge in [-0.25, -0.2) is 4.98 Å². The average Bonchev–Trinajstić information content (AvgIpc) is 1.86. The fourth-order valence-corrected chi connectivity index (χ4v) is 0.448. The number of nitrogens with zero attached hydrogens (tertiary/aromatic N) is 1. The molecule has 1 aromatic rings. The zero-order chi connectivity index (χ0) is 8.48. The van der Waals surface area contributed by atoms with Crippen LogP contribution in [0.25, 0.3) is 0 Å². The van der Waals surface area contributed by atoms with E-state index in [1.165, 1.54) is 18.3 Å². The van der Waals surface area contributed by atoms with Gasteiger partial charge in [0.2, 0.25) is 0 Å². The second-order valence-corrected chi connectivity index (χ2v) is 1.47. The molecule has 2 nitrogen and oxygen atoms in total. The van der Waals surface area contributed by atoms with Crippen LogP contribution < -0.4 is 5.73 Å². The summed E-state index contributed by atoms with van der Waals surface area (Å²) in [6.07, 6.45) is 1.39. The lowest BCUT2D eigenvalue weighted by Gasteiger charge is -1.90. The van der Waals surface area contributed by atoms with Gasteiger partial charge in [0.25, 0.3) is 0 Å². The highest BCUT2D eigenvalue weighted by Gasteiger charge is 1.82. The number of aryl methyl sites for hydroxylation is 1. The molecule has 0 fully saturated rings. The minimum absolute atomic E-state index is 0.227. The molecule has 42 valence electrons. The average molecular weight is 111 g/mol. The molecule has 0 saturated carbocycles. The van der Waals surface area contributed by atoms with E-state index in [0.717, 1.165) is 0 Å². The van der Waals surface area contributed by atoms with E-state index in [9.17, 15) is 0 Å². The molecule has 1 heterocycles. The Kier molecular flexibility index (Phi) is 0.565. The van der Waals surface area contributed by atoms with Crippen molar-refractivity contribution < 1.29 is 4.11 Å². The Morgan fingerprint density at radius 3 is 3.25 bits per heavy atom. The Balaban J connectivity index is 3.06. The summed E-state index contributed by atoms with van der Waals surface area (Å²) < 4.78 is 21.1. The molecule has 0 aromatic carbocycles. The van der Waals surface area contributed by atoms with Gasteiger partial charge >= 0.3 is 0 Å². The quantitative estimate of drug-likeness (QED) is 0.541. The van der Waals surface area contributed by atoms with Crippen LogP contribution in [-0.4, -0.2) is 4.98 Å². The third-order valence-corrected chi connectivity index (χ3v) is 0.781. The maximum Gasteiger partial charge on any atom is 0.123 e. The van der Waals surface area contributed by atoms with Crippen molar-refractivity contribution in [3.8, 4) is 0 Å². The van der Waals surface area contributed by atoms with Crippen molar-refractivity contribution in [1.82, 2.24) is 4.98 Å². The van der Waals surface area contributed by atoms with E-state index in [1.807, 2.05) is 0 Å². The number of nitrogens with two attached hydrogens (primary N) is 1. The monoisotopic (exact) mass is 111 g/mol. The van der Waals surface area contributed by atoms with E-state index < -0.39 is 6.85 Å². The molecule has 0 atom stereocenters. The molecule has 0 saturated heterocycles. The van der Waals surface area contributed by atoms with Gasteiger partial charge in [0.1, 0.15) is 5.82 Å². The molecule has 0 spiro atoms. The number of pyridine rings is 1. The molecule has 0 radical (unpaired) electrons. The Morgan fingerprint density at radius 2 is 2.75 bits per heavy atom. The molecule has 0 bridgehead atoms. The normalized spacial score (nSPS) is 16.2. The molecular weight excluding hydrogens is 100 g/mol. The molecule has 0 aliphatic rings. The molecule has 8 heavy (non-hydrogen) atoms. The van der Waals surface area contributed by atoms with Gasteiger partial charge in [0.05, 0.1) is 0 Å². The maximum atomic E-state index is 7.02. The zero-order valence-corrected chi connectivity index (χ0v) is 4.26. The van der Waals surface area contributed by atoms with Crippen LogP contribution in [0.5, 0.6) is 0 Å². The Labute approximate surface area is 52.6 Å². The maximum absolute atomic E-state index is 7.02. The summed E-state index contributed by atoms with van der Waals surface area (Å²) in [7, 11) is 0. The van der Waals surface area contributed by atoms with Gasteiger partial charge in [0.15, 0.2) is 0 Å². The molecule has 0 unspecified atom stereocenters. The zero-order valence-electron chi connectivity index (χ0n) is 7.26. The van der Waals surface area contributed by atoms with Gasteiger partial charge in [-0.2, -0.15) is 0 Å². The van der Waals surface area contributed by atoms with E-state index in [4.69, 9.17) is 9.85 Å². The number of anilines is 1. The summed E-state index contributed by atoms with van der Waals surface area (Å²) in [5.41, 5.74) is 5.52. The SMILES string of the molecule is [2H]C([2H])([2H])c1ccnc(N)c1. The van der Waals surface area contributed by atoms with Crippen LogP contribution in [0.1, 0.15) is 9.68 Å². The lowest BCUT2D eigenvalue weighted by molar-refractivity contribution is 1.30. The summed E-state index contributed by atoms with van der Waals surface area (Å²) in [6, 6.07) is 2.79. The summed E-state index contributed by atoms with van der Waals surface area (Å²) >= 11 is 0. The number of rotatable bonds is 0. The Morgan fingerprint density at radius 1 is 1.88 bits per heavy atom. The minimum atomic E-state index is -2.09. The number of aromatic nitrogens is 1. The van der Waals surface area contributed by atoms with Gasteiger partial charge in [-0.1, -0.05) is 0 Å². The minimum Gasteiger partial charge on any atom is -0.384 e. The van der Waals surface area contributed by atoms with Crippen LogP contribution >= 0.6 is 0 Å². The predicted molar refractivity (Wildman–Crippen MR) is 33.4 cm³/mol. The van der Waals surface area contributed by atoms with E-state index in [0.29, 0.717) is 0 Å². The van der Waals surface area contributed by atoms with Crippen molar-refractivity contribution in [2.24, 2.45) is 0 Å². The molecule has 2 N–H and O–H groups in total. The van der Waals surface area contributed by atoms with Crippen molar-refractivity contribution >= 4 is 5.82 Å². The highest BCUT2D eigenvalue weighted by molar-refractivity contribution is 5.30. The van der Waals surface area contributed by atoms with Crippen molar-refractivity contribution in [1.29, 1.82) is 0 Å². The molecule has 1 aromatic heterocycles. The molecule has 0 amide bonds. The molecule has 2 heteroatoms. The highest BCUT2D eigenvalue weighted by Crippen LogP contribution is 1.98. The van der Waals surface area contributed by atoms with Gasteiger partial charge in [-0.15, -0.1) is 0 Å². The highest BCUT2D eigenvalue weighted by atomic mass is 14.8. The summed E-state index contributed by atoms with van der Waals surface area (Å²) in [4.78, 5) is 3.68. The van der Waals surface area contributed by atoms with Crippen LogP contribution in [0, 0.1) is 6.85 Å². The molecule has 1 rings (SSSR count). The van der Waals surface area contributed by atoms with Gasteiger partial charge < -0.3 is 5.73 Å². The topological polar surface area (TPSA) is 38.9 Å². The summed E-state index contributed by atoms with van der Waals surface area (Å²) in [6.45, 7) is -2.09. The first-order valence-electron chi connectivity index (χ1n) is 3.72. The molecule has 0 aliphatic heterocycles. The van der Waals surface area contributed by atoms with Crippen molar-refractivity contribution in [2.75, 3.05) is 5.73 Å². The first-order valence-corrected chi connectivity index (χ1v) is 2.22. The van der Waals surface area contributed by atoms with Crippen LogP contribution in [0.15, 0.2) is 18.3 Å². The first-order chi connectivity index (χ1) is 5.00. The second-order valence-electron chi connectivity index (χ2n) is 1.47. The van der Waals surface area contributed by atoms with Gasteiger partial charge in [0, 0.05) is 10.3 Å². The third kappa shape index (κ3) is 0.964. The fourth-order valence-electron chi connectivity index (χ4n) is 0.448. The van der Waals surface area contributed by atoms with Crippen LogP contribution in [0.2, 0.25) is 0 Å².